The molecule has 4 heteroatoms. The van der Waals surface area contributed by atoms with Gasteiger partial charge in [-0.3, -0.25) is 0 Å². The van der Waals surface area contributed by atoms with E-state index in [0.29, 0.717) is 24.4 Å². The number of rotatable bonds is 5. The minimum atomic E-state index is -0.314. The van der Waals surface area contributed by atoms with E-state index in [0.717, 1.165) is 30.0 Å². The van der Waals surface area contributed by atoms with E-state index in [1.54, 1.807) is 6.07 Å². The summed E-state index contributed by atoms with van der Waals surface area (Å²) in [6.07, 6.45) is 2.03. The third-order valence-corrected chi connectivity index (χ3v) is 4.57. The number of benzene rings is 2. The molecule has 0 fully saturated rings. The average Bonchev–Trinajstić information content (AvgIpc) is 2.83. The third kappa shape index (κ3) is 2.81. The first-order valence-electron chi connectivity index (χ1n) is 8.53. The highest BCUT2D eigenvalue weighted by Crippen LogP contribution is 2.51. The van der Waals surface area contributed by atoms with Gasteiger partial charge in [-0.1, -0.05) is 39.3 Å². The zero-order chi connectivity index (χ0) is 17.3. The predicted molar refractivity (Wildman–Crippen MR) is 97.7 cm³/mol. The molecule has 0 saturated carbocycles. The lowest BCUT2D eigenvalue weighted by Gasteiger charge is -2.24. The molecule has 0 bridgehead atoms. The molecular weight excluding hydrogens is 303 g/mol. The van der Waals surface area contributed by atoms with Crippen LogP contribution in [-0.2, 0) is 5.41 Å². The van der Waals surface area contributed by atoms with Crippen LogP contribution in [0.2, 0.25) is 0 Å². The first-order chi connectivity index (χ1) is 11.5. The molecule has 0 aromatic heterocycles. The summed E-state index contributed by atoms with van der Waals surface area (Å²) in [6, 6.07) is 11.0. The Morgan fingerprint density at radius 3 is 2.67 bits per heavy atom. The fourth-order valence-corrected chi connectivity index (χ4v) is 3.39. The SMILES string of the molecule is CCCCOc1ccc(F)c2c1N(c1ccccc1N)CC2(C)C. The van der Waals surface area contributed by atoms with E-state index < -0.39 is 0 Å². The third-order valence-electron chi connectivity index (χ3n) is 4.57. The van der Waals surface area contributed by atoms with Gasteiger partial charge in [0.25, 0.3) is 0 Å². The van der Waals surface area contributed by atoms with Crippen molar-refractivity contribution in [2.45, 2.75) is 39.0 Å². The first-order valence-corrected chi connectivity index (χ1v) is 8.53. The summed E-state index contributed by atoms with van der Waals surface area (Å²) in [5.41, 5.74) is 8.97. The van der Waals surface area contributed by atoms with Crippen LogP contribution in [0.1, 0.15) is 39.2 Å². The smallest absolute Gasteiger partial charge is 0.143 e. The second-order valence-electron chi connectivity index (χ2n) is 7.00. The molecule has 24 heavy (non-hydrogen) atoms. The summed E-state index contributed by atoms with van der Waals surface area (Å²) in [5, 5.41) is 0. The molecule has 3 nitrogen and oxygen atoms in total. The van der Waals surface area contributed by atoms with E-state index in [2.05, 4.69) is 25.7 Å². The molecule has 128 valence electrons. The van der Waals surface area contributed by atoms with Gasteiger partial charge in [0.15, 0.2) is 0 Å². The van der Waals surface area contributed by atoms with Gasteiger partial charge in [0.1, 0.15) is 11.6 Å². The summed E-state index contributed by atoms with van der Waals surface area (Å²) >= 11 is 0. The maximum atomic E-state index is 14.6. The van der Waals surface area contributed by atoms with Gasteiger partial charge in [-0.2, -0.15) is 0 Å². The van der Waals surface area contributed by atoms with Crippen molar-refractivity contribution in [3.8, 4) is 5.75 Å². The number of fused-ring (bicyclic) bond motifs is 1. The number of nitrogens with two attached hydrogens (primary N) is 1. The summed E-state index contributed by atoms with van der Waals surface area (Å²) < 4.78 is 20.6. The zero-order valence-electron chi connectivity index (χ0n) is 14.6. The topological polar surface area (TPSA) is 38.5 Å². The lowest BCUT2D eigenvalue weighted by molar-refractivity contribution is 0.310. The molecule has 1 heterocycles. The van der Waals surface area contributed by atoms with E-state index >= 15 is 0 Å². The Balaban J connectivity index is 2.12. The average molecular weight is 328 g/mol. The largest absolute Gasteiger partial charge is 0.491 e. The van der Waals surface area contributed by atoms with Gasteiger partial charge in [0, 0.05) is 17.5 Å². The van der Waals surface area contributed by atoms with Crippen LogP contribution in [0.5, 0.6) is 5.75 Å². The van der Waals surface area contributed by atoms with Gasteiger partial charge in [-0.15, -0.1) is 0 Å². The van der Waals surface area contributed by atoms with Gasteiger partial charge in [0.2, 0.25) is 0 Å². The van der Waals surface area contributed by atoms with Crippen LogP contribution >= 0.6 is 0 Å². The Kier molecular flexibility index (Phi) is 4.39. The minimum absolute atomic E-state index is 0.185. The number of nitrogen functional groups attached to an aromatic ring is 1. The lowest BCUT2D eigenvalue weighted by Crippen LogP contribution is -2.26. The molecule has 0 saturated heterocycles. The number of hydrogen-bond acceptors (Lipinski definition) is 3. The predicted octanol–water partition coefficient (Wildman–Crippen LogP) is 5.02. The molecule has 2 aromatic carbocycles. The molecule has 0 radical (unpaired) electrons. The number of hydrogen-bond donors (Lipinski definition) is 1. The van der Waals surface area contributed by atoms with Gasteiger partial charge in [0.05, 0.1) is 23.7 Å². The number of para-hydroxylation sites is 2. The standard InChI is InChI=1S/C20H25FN2O/c1-4-5-12-24-17-11-10-14(21)18-19(17)23(13-20(18,2)3)16-9-7-6-8-15(16)22/h6-11H,4-5,12-13,22H2,1-3H3. The van der Waals surface area contributed by atoms with Crippen LogP contribution in [0, 0.1) is 5.82 Å². The molecule has 1 aliphatic heterocycles. The van der Waals surface area contributed by atoms with Crippen LogP contribution in [0.3, 0.4) is 0 Å². The van der Waals surface area contributed by atoms with Crippen molar-refractivity contribution in [2.24, 2.45) is 0 Å². The highest BCUT2D eigenvalue weighted by atomic mass is 19.1. The number of nitrogens with zero attached hydrogens (tertiary/aromatic N) is 1. The van der Waals surface area contributed by atoms with Crippen LogP contribution in [0.4, 0.5) is 21.5 Å². The van der Waals surface area contributed by atoms with E-state index in [-0.39, 0.29) is 11.2 Å². The van der Waals surface area contributed by atoms with Crippen LogP contribution < -0.4 is 15.4 Å². The van der Waals surface area contributed by atoms with Crippen molar-refractivity contribution in [2.75, 3.05) is 23.8 Å². The summed E-state index contributed by atoms with van der Waals surface area (Å²) in [6.45, 7) is 7.54. The second kappa shape index (κ2) is 6.34. The molecule has 2 N–H and O–H groups in total. The Labute approximate surface area is 143 Å². The molecule has 0 spiro atoms. The molecule has 0 amide bonds. The van der Waals surface area contributed by atoms with Gasteiger partial charge in [-0.05, 0) is 30.7 Å². The molecule has 0 aliphatic carbocycles. The molecule has 3 rings (SSSR count). The van der Waals surface area contributed by atoms with Crippen molar-refractivity contribution in [3.05, 3.63) is 47.8 Å². The molecule has 0 unspecified atom stereocenters. The highest BCUT2D eigenvalue weighted by Gasteiger charge is 2.41. The van der Waals surface area contributed by atoms with Crippen molar-refractivity contribution in [1.29, 1.82) is 0 Å². The van der Waals surface area contributed by atoms with Crippen molar-refractivity contribution >= 4 is 17.1 Å². The normalized spacial score (nSPS) is 15.4. The quantitative estimate of drug-likeness (QED) is 0.619. The lowest BCUT2D eigenvalue weighted by atomic mass is 9.86. The number of unbranched alkanes of at least 4 members (excludes halogenated alkanes) is 1. The van der Waals surface area contributed by atoms with E-state index in [9.17, 15) is 4.39 Å². The van der Waals surface area contributed by atoms with Crippen LogP contribution in [0.25, 0.3) is 0 Å². The first kappa shape index (κ1) is 16.6. The van der Waals surface area contributed by atoms with Crippen LogP contribution in [0.15, 0.2) is 36.4 Å². The maximum Gasteiger partial charge on any atom is 0.143 e. The van der Waals surface area contributed by atoms with E-state index in [1.807, 2.05) is 24.3 Å². The summed E-state index contributed by atoms with van der Waals surface area (Å²) in [4.78, 5) is 2.09. The van der Waals surface area contributed by atoms with E-state index in [4.69, 9.17) is 10.5 Å². The van der Waals surface area contributed by atoms with Gasteiger partial charge in [-0.25, -0.2) is 4.39 Å². The molecule has 0 atom stereocenters. The monoisotopic (exact) mass is 328 g/mol. The Bertz CT molecular complexity index is 742. The van der Waals surface area contributed by atoms with Crippen molar-refractivity contribution in [1.82, 2.24) is 0 Å². The fourth-order valence-electron chi connectivity index (χ4n) is 3.39. The Hall–Kier alpha value is -2.23. The van der Waals surface area contributed by atoms with Crippen molar-refractivity contribution < 1.29 is 9.13 Å². The highest BCUT2D eigenvalue weighted by molar-refractivity contribution is 5.83. The maximum absolute atomic E-state index is 14.6. The Morgan fingerprint density at radius 2 is 1.96 bits per heavy atom. The zero-order valence-corrected chi connectivity index (χ0v) is 14.6. The van der Waals surface area contributed by atoms with Crippen molar-refractivity contribution in [3.63, 3.8) is 0 Å². The number of ether oxygens (including phenoxy) is 1. The second-order valence-corrected chi connectivity index (χ2v) is 7.00. The Morgan fingerprint density at radius 1 is 1.21 bits per heavy atom. The van der Waals surface area contributed by atoms with Gasteiger partial charge < -0.3 is 15.4 Å². The molecular formula is C20H25FN2O. The molecule has 2 aromatic rings. The number of anilines is 3. The van der Waals surface area contributed by atoms with Crippen LogP contribution in [-0.4, -0.2) is 13.2 Å². The van der Waals surface area contributed by atoms with Gasteiger partial charge >= 0.3 is 0 Å². The molecule has 1 aliphatic rings. The summed E-state index contributed by atoms with van der Waals surface area (Å²) in [7, 11) is 0. The fraction of sp³-hybridized carbons (Fsp3) is 0.400. The summed E-state index contributed by atoms with van der Waals surface area (Å²) in [5.74, 6) is 0.545. The van der Waals surface area contributed by atoms with E-state index in [1.165, 1.54) is 6.07 Å². The minimum Gasteiger partial charge on any atom is -0.491 e. The number of halogens is 1.